The molecule has 1 fully saturated rings. The average Bonchev–Trinajstić information content (AvgIpc) is 3.24. The number of hydrogen-bond acceptors (Lipinski definition) is 6. The molecule has 1 aliphatic rings. The number of imidazole rings is 1. The van der Waals surface area contributed by atoms with Crippen molar-refractivity contribution in [3.63, 3.8) is 0 Å². The summed E-state index contributed by atoms with van der Waals surface area (Å²) in [5.74, 6) is 0.710. The molecule has 8 heteroatoms. The second-order valence-electron chi connectivity index (χ2n) is 6.14. The number of carbonyl (C=O) groups is 1. The number of nitrogens with one attached hydrogen (secondary N) is 1. The number of anilines is 1. The Morgan fingerprint density at radius 3 is 3.00 bits per heavy atom. The van der Waals surface area contributed by atoms with E-state index in [9.17, 15) is 9.90 Å². The van der Waals surface area contributed by atoms with E-state index < -0.39 is 5.60 Å². The monoisotopic (exact) mass is 330 g/mol. The molecule has 2 aromatic rings. The second-order valence-corrected chi connectivity index (χ2v) is 6.14. The molecule has 1 saturated heterocycles. The number of β-amino-alcohol motifs (C(OH)–C–C–N with tert-alkyl or cyclic N) is 1. The van der Waals surface area contributed by atoms with Gasteiger partial charge in [0, 0.05) is 57.4 Å². The lowest BCUT2D eigenvalue weighted by Crippen LogP contribution is -2.45. The van der Waals surface area contributed by atoms with Gasteiger partial charge in [0.2, 0.25) is 5.91 Å². The van der Waals surface area contributed by atoms with Gasteiger partial charge in [0.05, 0.1) is 12.5 Å². The first-order valence-electron chi connectivity index (χ1n) is 8.10. The van der Waals surface area contributed by atoms with Crippen molar-refractivity contribution in [2.24, 2.45) is 0 Å². The number of rotatable bonds is 7. The summed E-state index contributed by atoms with van der Waals surface area (Å²) in [6, 6.07) is 0. The zero-order valence-electron chi connectivity index (χ0n) is 13.5. The van der Waals surface area contributed by atoms with Crippen LogP contribution in [0.4, 0.5) is 5.82 Å². The third kappa shape index (κ3) is 4.29. The Morgan fingerprint density at radius 1 is 1.33 bits per heavy atom. The lowest BCUT2D eigenvalue weighted by atomic mass is 10.0. The van der Waals surface area contributed by atoms with Gasteiger partial charge in [-0.1, -0.05) is 0 Å². The lowest BCUT2D eigenvalue weighted by molar-refractivity contribution is -0.122. The van der Waals surface area contributed by atoms with Crippen molar-refractivity contribution >= 4 is 11.7 Å². The van der Waals surface area contributed by atoms with E-state index in [4.69, 9.17) is 0 Å². The molecule has 0 spiro atoms. The molecule has 2 N–H and O–H groups in total. The quantitative estimate of drug-likeness (QED) is 0.753. The molecule has 1 unspecified atom stereocenters. The highest BCUT2D eigenvalue weighted by molar-refractivity contribution is 5.75. The Hall–Kier alpha value is -2.48. The molecule has 0 radical (unpaired) electrons. The van der Waals surface area contributed by atoms with Gasteiger partial charge in [-0.2, -0.15) is 0 Å². The molecule has 8 nitrogen and oxygen atoms in total. The zero-order valence-corrected chi connectivity index (χ0v) is 13.5. The van der Waals surface area contributed by atoms with E-state index in [-0.39, 0.29) is 12.5 Å². The van der Waals surface area contributed by atoms with Crippen LogP contribution in [-0.4, -0.2) is 55.8 Å². The zero-order chi connectivity index (χ0) is 16.8. The normalized spacial score (nSPS) is 20.3. The van der Waals surface area contributed by atoms with E-state index in [1.54, 1.807) is 31.1 Å². The molecular weight excluding hydrogens is 308 g/mol. The summed E-state index contributed by atoms with van der Waals surface area (Å²) < 4.78 is 1.94. The Labute approximate surface area is 140 Å². The van der Waals surface area contributed by atoms with E-state index in [0.29, 0.717) is 25.9 Å². The fourth-order valence-corrected chi connectivity index (χ4v) is 2.84. The van der Waals surface area contributed by atoms with Gasteiger partial charge in [0.15, 0.2) is 0 Å². The minimum atomic E-state index is -0.919. The molecule has 2 aromatic heterocycles. The summed E-state index contributed by atoms with van der Waals surface area (Å²) in [5, 5.41) is 13.5. The van der Waals surface area contributed by atoms with Crippen LogP contribution in [-0.2, 0) is 11.3 Å². The molecule has 3 heterocycles. The molecule has 3 rings (SSSR count). The Kier molecular flexibility index (Phi) is 5.05. The number of carbonyl (C=O) groups excluding carboxylic acids is 1. The van der Waals surface area contributed by atoms with Gasteiger partial charge in [-0.05, 0) is 12.8 Å². The molecule has 24 heavy (non-hydrogen) atoms. The summed E-state index contributed by atoms with van der Waals surface area (Å²) in [7, 11) is 0. The molecule has 0 bridgehead atoms. The smallest absolute Gasteiger partial charge is 0.220 e. The number of nitrogens with zero attached hydrogens (tertiary/aromatic N) is 5. The van der Waals surface area contributed by atoms with Crippen LogP contribution < -0.4 is 10.2 Å². The average molecular weight is 330 g/mol. The van der Waals surface area contributed by atoms with Crippen molar-refractivity contribution in [1.82, 2.24) is 24.8 Å². The van der Waals surface area contributed by atoms with Crippen molar-refractivity contribution in [2.75, 3.05) is 24.5 Å². The molecule has 1 aliphatic heterocycles. The minimum absolute atomic E-state index is 0.0403. The van der Waals surface area contributed by atoms with Gasteiger partial charge in [0.25, 0.3) is 0 Å². The standard InChI is InChI=1S/C16H22N6O2/c23-15(2-1-7-21-9-6-18-13-21)20-11-16(24)3-8-22(12-16)14-10-17-4-5-19-14/h4-6,9-10,13,24H,1-3,7-8,11-12H2,(H,20,23). The highest BCUT2D eigenvalue weighted by atomic mass is 16.3. The highest BCUT2D eigenvalue weighted by Crippen LogP contribution is 2.24. The maximum absolute atomic E-state index is 11.9. The van der Waals surface area contributed by atoms with Crippen LogP contribution in [0, 0.1) is 0 Å². The number of aryl methyl sites for hydroxylation is 1. The molecule has 1 amide bonds. The first kappa shape index (κ1) is 16.4. The van der Waals surface area contributed by atoms with Gasteiger partial charge in [-0.25, -0.2) is 9.97 Å². The highest BCUT2D eigenvalue weighted by Gasteiger charge is 2.36. The largest absolute Gasteiger partial charge is 0.386 e. The SMILES string of the molecule is O=C(CCCn1ccnc1)NCC1(O)CCN(c2cnccn2)C1. The first-order valence-corrected chi connectivity index (χ1v) is 8.10. The fourth-order valence-electron chi connectivity index (χ4n) is 2.84. The summed E-state index contributed by atoms with van der Waals surface area (Å²) in [6.07, 6.45) is 12.0. The van der Waals surface area contributed by atoms with E-state index >= 15 is 0 Å². The van der Waals surface area contributed by atoms with Crippen LogP contribution in [0.5, 0.6) is 0 Å². The number of amides is 1. The summed E-state index contributed by atoms with van der Waals surface area (Å²) in [6.45, 7) is 2.17. The van der Waals surface area contributed by atoms with Crippen molar-refractivity contribution in [3.05, 3.63) is 37.3 Å². The molecule has 1 atom stereocenters. The lowest BCUT2D eigenvalue weighted by Gasteiger charge is -2.24. The number of aliphatic hydroxyl groups is 1. The van der Waals surface area contributed by atoms with Gasteiger partial charge in [0.1, 0.15) is 11.4 Å². The Balaban J connectivity index is 1.40. The van der Waals surface area contributed by atoms with Crippen LogP contribution >= 0.6 is 0 Å². The van der Waals surface area contributed by atoms with Crippen LogP contribution in [0.25, 0.3) is 0 Å². The van der Waals surface area contributed by atoms with Crippen LogP contribution in [0.2, 0.25) is 0 Å². The van der Waals surface area contributed by atoms with Crippen molar-refractivity contribution in [3.8, 4) is 0 Å². The summed E-state index contributed by atoms with van der Waals surface area (Å²) >= 11 is 0. The summed E-state index contributed by atoms with van der Waals surface area (Å²) in [4.78, 5) is 26.2. The van der Waals surface area contributed by atoms with Crippen LogP contribution in [0.15, 0.2) is 37.3 Å². The molecule has 128 valence electrons. The summed E-state index contributed by atoms with van der Waals surface area (Å²) in [5.41, 5.74) is -0.919. The van der Waals surface area contributed by atoms with Gasteiger partial charge < -0.3 is 19.9 Å². The van der Waals surface area contributed by atoms with E-state index in [1.165, 1.54) is 0 Å². The molecule has 0 saturated carbocycles. The maximum atomic E-state index is 11.9. The third-order valence-corrected chi connectivity index (χ3v) is 4.20. The van der Waals surface area contributed by atoms with E-state index in [1.807, 2.05) is 15.7 Å². The molecule has 0 aromatic carbocycles. The van der Waals surface area contributed by atoms with Crippen molar-refractivity contribution in [2.45, 2.75) is 31.4 Å². The van der Waals surface area contributed by atoms with E-state index in [0.717, 1.165) is 18.8 Å². The number of aromatic nitrogens is 4. The van der Waals surface area contributed by atoms with E-state index in [2.05, 4.69) is 20.3 Å². The Bertz CT molecular complexity index is 648. The maximum Gasteiger partial charge on any atom is 0.220 e. The predicted molar refractivity (Wildman–Crippen MR) is 88.3 cm³/mol. The first-order chi connectivity index (χ1) is 11.6. The third-order valence-electron chi connectivity index (χ3n) is 4.20. The predicted octanol–water partition coefficient (Wildman–Crippen LogP) is 0.211. The van der Waals surface area contributed by atoms with Gasteiger partial charge in [-0.15, -0.1) is 0 Å². The van der Waals surface area contributed by atoms with Gasteiger partial charge in [-0.3, -0.25) is 9.78 Å². The topological polar surface area (TPSA) is 96.2 Å². The second kappa shape index (κ2) is 7.39. The minimum Gasteiger partial charge on any atom is -0.386 e. The van der Waals surface area contributed by atoms with Crippen molar-refractivity contribution < 1.29 is 9.90 Å². The molecular formula is C16H22N6O2. The molecule has 0 aliphatic carbocycles. The van der Waals surface area contributed by atoms with Crippen molar-refractivity contribution in [1.29, 1.82) is 0 Å². The Morgan fingerprint density at radius 2 is 2.25 bits per heavy atom. The fraction of sp³-hybridized carbons (Fsp3) is 0.500. The van der Waals surface area contributed by atoms with Crippen LogP contribution in [0.1, 0.15) is 19.3 Å². The van der Waals surface area contributed by atoms with Gasteiger partial charge >= 0.3 is 0 Å². The van der Waals surface area contributed by atoms with Crippen LogP contribution in [0.3, 0.4) is 0 Å². The number of hydrogen-bond donors (Lipinski definition) is 2.